The molecule has 0 aliphatic carbocycles. The van der Waals surface area contributed by atoms with Crippen LogP contribution in [0.25, 0.3) is 0 Å². The first-order valence-corrected chi connectivity index (χ1v) is 6.25. The van der Waals surface area contributed by atoms with Crippen molar-refractivity contribution in [2.24, 2.45) is 5.73 Å². The lowest BCUT2D eigenvalue weighted by molar-refractivity contribution is -0.129. The van der Waals surface area contributed by atoms with Gasteiger partial charge in [0.2, 0.25) is 5.91 Å². The number of thiocarbonyl (C=S) groups is 1. The second-order valence-corrected chi connectivity index (χ2v) is 4.67. The standard InChI is InChI=1S/C12H16N4OS/c1-9(17)15-5-7-16(8-6-15)12-10(11(13)18)3-2-4-14-12/h2-4H,5-8H2,1H3,(H2,13,18). The van der Waals surface area contributed by atoms with Crippen LogP contribution in [0.4, 0.5) is 5.82 Å². The summed E-state index contributed by atoms with van der Waals surface area (Å²) in [5, 5.41) is 0. The SMILES string of the molecule is CC(=O)N1CCN(c2ncccc2C(N)=S)CC1. The van der Waals surface area contributed by atoms with Gasteiger partial charge in [-0.05, 0) is 12.1 Å². The fourth-order valence-electron chi connectivity index (χ4n) is 2.07. The van der Waals surface area contributed by atoms with E-state index in [9.17, 15) is 4.79 Å². The van der Waals surface area contributed by atoms with Gasteiger partial charge < -0.3 is 15.5 Å². The van der Waals surface area contributed by atoms with E-state index < -0.39 is 0 Å². The van der Waals surface area contributed by atoms with Gasteiger partial charge >= 0.3 is 0 Å². The number of nitrogens with two attached hydrogens (primary N) is 1. The number of carbonyl (C=O) groups is 1. The molecule has 0 aromatic carbocycles. The zero-order valence-electron chi connectivity index (χ0n) is 10.3. The predicted molar refractivity (Wildman–Crippen MR) is 74.6 cm³/mol. The van der Waals surface area contributed by atoms with Crippen molar-refractivity contribution in [3.63, 3.8) is 0 Å². The summed E-state index contributed by atoms with van der Waals surface area (Å²) < 4.78 is 0. The van der Waals surface area contributed by atoms with Gasteiger partial charge in [-0.25, -0.2) is 4.98 Å². The van der Waals surface area contributed by atoms with Crippen LogP contribution >= 0.6 is 12.2 Å². The van der Waals surface area contributed by atoms with Crippen molar-refractivity contribution < 1.29 is 4.79 Å². The number of nitrogens with zero attached hydrogens (tertiary/aromatic N) is 3. The van der Waals surface area contributed by atoms with Gasteiger partial charge in [0, 0.05) is 39.3 Å². The molecule has 0 spiro atoms. The number of hydrogen-bond acceptors (Lipinski definition) is 4. The van der Waals surface area contributed by atoms with Crippen molar-refractivity contribution in [2.75, 3.05) is 31.1 Å². The Balaban J connectivity index is 2.15. The van der Waals surface area contributed by atoms with Crippen LogP contribution in [0.1, 0.15) is 12.5 Å². The fourth-order valence-corrected chi connectivity index (χ4v) is 2.23. The lowest BCUT2D eigenvalue weighted by atomic mass is 10.2. The molecule has 2 heterocycles. The van der Waals surface area contributed by atoms with Crippen LogP contribution in [0.5, 0.6) is 0 Å². The molecule has 1 fully saturated rings. The highest BCUT2D eigenvalue weighted by Gasteiger charge is 2.21. The second kappa shape index (κ2) is 5.30. The summed E-state index contributed by atoms with van der Waals surface area (Å²) in [6.07, 6.45) is 1.73. The van der Waals surface area contributed by atoms with Crippen molar-refractivity contribution >= 4 is 28.9 Å². The van der Waals surface area contributed by atoms with Gasteiger partial charge in [-0.1, -0.05) is 12.2 Å². The molecule has 96 valence electrons. The van der Waals surface area contributed by atoms with Gasteiger partial charge in [0.15, 0.2) is 0 Å². The van der Waals surface area contributed by atoms with E-state index in [2.05, 4.69) is 9.88 Å². The molecule has 5 nitrogen and oxygen atoms in total. The van der Waals surface area contributed by atoms with Crippen LogP contribution in [0.15, 0.2) is 18.3 Å². The zero-order chi connectivity index (χ0) is 13.1. The molecule has 0 saturated carbocycles. The quantitative estimate of drug-likeness (QED) is 0.783. The highest BCUT2D eigenvalue weighted by molar-refractivity contribution is 7.80. The molecule has 1 amide bonds. The molecule has 0 atom stereocenters. The van der Waals surface area contributed by atoms with E-state index in [1.165, 1.54) is 0 Å². The van der Waals surface area contributed by atoms with Gasteiger partial charge in [0.05, 0.1) is 5.56 Å². The van der Waals surface area contributed by atoms with Gasteiger partial charge in [-0.3, -0.25) is 4.79 Å². The van der Waals surface area contributed by atoms with E-state index in [0.717, 1.165) is 24.5 Å². The predicted octanol–water partition coefficient (Wildman–Crippen LogP) is 0.384. The Morgan fingerprint density at radius 3 is 2.61 bits per heavy atom. The summed E-state index contributed by atoms with van der Waals surface area (Å²) in [4.78, 5) is 19.9. The molecule has 1 aliphatic rings. The minimum atomic E-state index is 0.116. The minimum Gasteiger partial charge on any atom is -0.389 e. The largest absolute Gasteiger partial charge is 0.389 e. The van der Waals surface area contributed by atoms with Crippen LogP contribution in [-0.4, -0.2) is 47.0 Å². The normalized spacial score (nSPS) is 15.6. The van der Waals surface area contributed by atoms with Crippen LogP contribution in [0.3, 0.4) is 0 Å². The van der Waals surface area contributed by atoms with Crippen molar-refractivity contribution in [3.05, 3.63) is 23.9 Å². The average Bonchev–Trinajstić information content (AvgIpc) is 2.39. The fraction of sp³-hybridized carbons (Fsp3) is 0.417. The molecule has 2 N–H and O–H groups in total. The first-order chi connectivity index (χ1) is 8.59. The van der Waals surface area contributed by atoms with E-state index in [1.807, 2.05) is 17.0 Å². The molecule has 2 rings (SSSR count). The Bertz CT molecular complexity index is 469. The molecular weight excluding hydrogens is 248 g/mol. The third-order valence-electron chi connectivity index (χ3n) is 3.08. The zero-order valence-corrected chi connectivity index (χ0v) is 11.1. The molecular formula is C12H16N4OS. The molecule has 0 bridgehead atoms. The average molecular weight is 264 g/mol. The van der Waals surface area contributed by atoms with Crippen LogP contribution in [0.2, 0.25) is 0 Å². The maximum absolute atomic E-state index is 11.3. The summed E-state index contributed by atoms with van der Waals surface area (Å²) in [6, 6.07) is 3.70. The monoisotopic (exact) mass is 264 g/mol. The number of amides is 1. The van der Waals surface area contributed by atoms with E-state index >= 15 is 0 Å². The molecule has 1 aliphatic heterocycles. The first-order valence-electron chi connectivity index (χ1n) is 5.85. The number of anilines is 1. The molecule has 0 radical (unpaired) electrons. The summed E-state index contributed by atoms with van der Waals surface area (Å²) in [6.45, 7) is 4.53. The summed E-state index contributed by atoms with van der Waals surface area (Å²) in [5.41, 5.74) is 6.49. The highest BCUT2D eigenvalue weighted by Crippen LogP contribution is 2.18. The Morgan fingerprint density at radius 1 is 1.39 bits per heavy atom. The molecule has 1 aromatic heterocycles. The number of aromatic nitrogens is 1. The Labute approximate surface area is 112 Å². The summed E-state index contributed by atoms with van der Waals surface area (Å²) >= 11 is 5.03. The third kappa shape index (κ3) is 2.59. The number of hydrogen-bond donors (Lipinski definition) is 1. The lowest BCUT2D eigenvalue weighted by Crippen LogP contribution is -2.48. The Morgan fingerprint density at radius 2 is 2.06 bits per heavy atom. The van der Waals surface area contributed by atoms with Gasteiger partial charge in [0.1, 0.15) is 10.8 Å². The molecule has 6 heteroatoms. The lowest BCUT2D eigenvalue weighted by Gasteiger charge is -2.35. The van der Waals surface area contributed by atoms with E-state index in [1.54, 1.807) is 13.1 Å². The van der Waals surface area contributed by atoms with Gasteiger partial charge in [0.25, 0.3) is 0 Å². The van der Waals surface area contributed by atoms with Crippen LogP contribution < -0.4 is 10.6 Å². The maximum Gasteiger partial charge on any atom is 0.219 e. The number of piperazine rings is 1. The number of pyridine rings is 1. The topological polar surface area (TPSA) is 62.5 Å². The van der Waals surface area contributed by atoms with E-state index in [4.69, 9.17) is 18.0 Å². The minimum absolute atomic E-state index is 0.116. The first kappa shape index (κ1) is 12.8. The molecule has 1 aromatic rings. The number of rotatable bonds is 2. The molecule has 1 saturated heterocycles. The van der Waals surface area contributed by atoms with Crippen molar-refractivity contribution in [2.45, 2.75) is 6.92 Å². The van der Waals surface area contributed by atoms with Crippen molar-refractivity contribution in [1.82, 2.24) is 9.88 Å². The maximum atomic E-state index is 11.3. The van der Waals surface area contributed by atoms with Crippen molar-refractivity contribution in [1.29, 1.82) is 0 Å². The highest BCUT2D eigenvalue weighted by atomic mass is 32.1. The summed E-state index contributed by atoms with van der Waals surface area (Å²) in [5.74, 6) is 0.929. The van der Waals surface area contributed by atoms with E-state index in [0.29, 0.717) is 18.1 Å². The Kier molecular flexibility index (Phi) is 3.76. The third-order valence-corrected chi connectivity index (χ3v) is 3.30. The summed E-state index contributed by atoms with van der Waals surface area (Å²) in [7, 11) is 0. The van der Waals surface area contributed by atoms with Gasteiger partial charge in [-0.15, -0.1) is 0 Å². The second-order valence-electron chi connectivity index (χ2n) is 4.23. The van der Waals surface area contributed by atoms with Crippen LogP contribution in [-0.2, 0) is 4.79 Å². The molecule has 0 unspecified atom stereocenters. The van der Waals surface area contributed by atoms with E-state index in [-0.39, 0.29) is 5.91 Å². The van der Waals surface area contributed by atoms with Crippen LogP contribution in [0, 0.1) is 0 Å². The molecule has 18 heavy (non-hydrogen) atoms. The van der Waals surface area contributed by atoms with Gasteiger partial charge in [-0.2, -0.15) is 0 Å². The van der Waals surface area contributed by atoms with Crippen molar-refractivity contribution in [3.8, 4) is 0 Å². The Hall–Kier alpha value is -1.69. The number of carbonyl (C=O) groups excluding carboxylic acids is 1. The smallest absolute Gasteiger partial charge is 0.219 e.